The lowest BCUT2D eigenvalue weighted by Gasteiger charge is -2.14. The van der Waals surface area contributed by atoms with Crippen molar-refractivity contribution >= 4 is 22.7 Å². The Labute approximate surface area is 170 Å². The van der Waals surface area contributed by atoms with E-state index in [0.717, 1.165) is 16.3 Å². The average molecular weight is 399 g/mol. The van der Waals surface area contributed by atoms with E-state index in [2.05, 4.69) is 32.9 Å². The van der Waals surface area contributed by atoms with Gasteiger partial charge in [0.2, 0.25) is 0 Å². The van der Waals surface area contributed by atoms with E-state index in [4.69, 9.17) is 5.73 Å². The van der Waals surface area contributed by atoms with E-state index >= 15 is 0 Å². The first kappa shape index (κ1) is 18.2. The lowest BCUT2D eigenvalue weighted by atomic mass is 9.96. The van der Waals surface area contributed by atoms with E-state index in [0.29, 0.717) is 34.1 Å². The zero-order chi connectivity index (χ0) is 20.8. The number of hydrogen-bond donors (Lipinski definition) is 2. The number of fused-ring (bicyclic) bond motifs is 2. The Kier molecular flexibility index (Phi) is 4.17. The highest BCUT2D eigenvalue weighted by Gasteiger charge is 2.17. The van der Waals surface area contributed by atoms with E-state index in [1.54, 1.807) is 36.7 Å². The second-order valence-electron chi connectivity index (χ2n) is 7.41. The van der Waals surface area contributed by atoms with Crippen molar-refractivity contribution < 1.29 is 4.39 Å². The molecule has 5 rings (SSSR count). The van der Waals surface area contributed by atoms with Crippen LogP contribution in [-0.4, -0.2) is 21.5 Å². The largest absolute Gasteiger partial charge is 0.383 e. The molecular formula is C23H18FN5O. The average Bonchev–Trinajstić information content (AvgIpc) is 2.74. The first-order chi connectivity index (χ1) is 14.5. The summed E-state index contributed by atoms with van der Waals surface area (Å²) in [6.45, 7) is 2.69. The van der Waals surface area contributed by atoms with Crippen molar-refractivity contribution in [3.05, 3.63) is 75.7 Å². The summed E-state index contributed by atoms with van der Waals surface area (Å²) in [5, 5.41) is 1.86. The van der Waals surface area contributed by atoms with Crippen molar-refractivity contribution in [2.75, 3.05) is 12.3 Å². The third kappa shape index (κ3) is 2.86. The molecule has 1 unspecified atom stereocenters. The molecule has 1 aliphatic heterocycles. The third-order valence-corrected chi connectivity index (χ3v) is 5.30. The number of nitrogens with zero attached hydrogens (tertiary/aromatic N) is 3. The highest BCUT2D eigenvalue weighted by atomic mass is 19.1. The zero-order valence-electron chi connectivity index (χ0n) is 16.2. The van der Waals surface area contributed by atoms with Crippen LogP contribution < -0.4 is 22.0 Å². The first-order valence-corrected chi connectivity index (χ1v) is 9.61. The van der Waals surface area contributed by atoms with E-state index < -0.39 is 0 Å². The zero-order valence-corrected chi connectivity index (χ0v) is 16.2. The molecule has 148 valence electrons. The van der Waals surface area contributed by atoms with Gasteiger partial charge in [-0.2, -0.15) is 0 Å². The fourth-order valence-corrected chi connectivity index (χ4v) is 3.88. The molecule has 0 saturated carbocycles. The molecule has 1 atom stereocenters. The van der Waals surface area contributed by atoms with Crippen LogP contribution in [0.1, 0.15) is 6.92 Å². The van der Waals surface area contributed by atoms with Gasteiger partial charge in [-0.15, -0.1) is 0 Å². The summed E-state index contributed by atoms with van der Waals surface area (Å²) in [4.78, 5) is 28.4. The maximum Gasteiger partial charge on any atom is 0.259 e. The maximum atomic E-state index is 14.5. The molecule has 4 aromatic rings. The number of H-pyrrole nitrogens is 1. The van der Waals surface area contributed by atoms with Gasteiger partial charge in [0, 0.05) is 40.7 Å². The minimum atomic E-state index is -0.358. The Bertz CT molecular complexity index is 1490. The Morgan fingerprint density at radius 2 is 2.00 bits per heavy atom. The van der Waals surface area contributed by atoms with Gasteiger partial charge in [-0.3, -0.25) is 9.79 Å². The van der Waals surface area contributed by atoms with Gasteiger partial charge in [0.15, 0.2) is 5.49 Å². The molecule has 7 heteroatoms. The van der Waals surface area contributed by atoms with Crippen LogP contribution >= 0.6 is 0 Å². The van der Waals surface area contributed by atoms with Crippen molar-refractivity contribution in [2.45, 2.75) is 6.92 Å². The summed E-state index contributed by atoms with van der Waals surface area (Å²) >= 11 is 0. The number of pyridine rings is 3. The summed E-state index contributed by atoms with van der Waals surface area (Å²) < 4.78 is 14.5. The molecule has 1 aliphatic rings. The number of benzene rings is 1. The number of anilines is 1. The van der Waals surface area contributed by atoms with Gasteiger partial charge in [0.25, 0.3) is 5.56 Å². The summed E-state index contributed by atoms with van der Waals surface area (Å²) in [6, 6.07) is 10.1. The first-order valence-electron chi connectivity index (χ1n) is 9.61. The number of halogens is 1. The molecule has 0 amide bonds. The topological polar surface area (TPSA) is 97.0 Å². The second kappa shape index (κ2) is 6.88. The van der Waals surface area contributed by atoms with Gasteiger partial charge >= 0.3 is 0 Å². The van der Waals surface area contributed by atoms with Crippen LogP contribution in [0.3, 0.4) is 0 Å². The van der Waals surface area contributed by atoms with Gasteiger partial charge in [0.05, 0.1) is 11.1 Å². The van der Waals surface area contributed by atoms with Gasteiger partial charge in [0.1, 0.15) is 11.6 Å². The lowest BCUT2D eigenvalue weighted by molar-refractivity contribution is 0.630. The van der Waals surface area contributed by atoms with Gasteiger partial charge in [-0.1, -0.05) is 25.1 Å². The van der Waals surface area contributed by atoms with E-state index in [-0.39, 0.29) is 23.1 Å². The van der Waals surface area contributed by atoms with Crippen molar-refractivity contribution in [1.82, 2.24) is 15.0 Å². The molecule has 0 saturated heterocycles. The Morgan fingerprint density at radius 1 is 1.17 bits per heavy atom. The number of aromatic amines is 1. The van der Waals surface area contributed by atoms with Crippen LogP contribution in [0, 0.1) is 11.7 Å². The molecule has 0 spiro atoms. The van der Waals surface area contributed by atoms with Gasteiger partial charge in [-0.25, -0.2) is 14.4 Å². The van der Waals surface area contributed by atoms with Crippen LogP contribution in [0.4, 0.5) is 10.2 Å². The Morgan fingerprint density at radius 3 is 2.83 bits per heavy atom. The number of nitrogens with one attached hydrogen (secondary N) is 1. The fourth-order valence-electron chi connectivity index (χ4n) is 3.88. The molecule has 0 bridgehead atoms. The monoisotopic (exact) mass is 399 g/mol. The molecule has 6 nitrogen and oxygen atoms in total. The van der Waals surface area contributed by atoms with E-state index in [1.165, 1.54) is 6.07 Å². The van der Waals surface area contributed by atoms with Crippen molar-refractivity contribution in [2.24, 2.45) is 10.9 Å². The van der Waals surface area contributed by atoms with E-state index in [1.807, 2.05) is 6.07 Å². The van der Waals surface area contributed by atoms with Crippen molar-refractivity contribution in [3.63, 3.8) is 0 Å². The predicted octanol–water partition coefficient (Wildman–Crippen LogP) is 2.42. The molecule has 0 radical (unpaired) electrons. The van der Waals surface area contributed by atoms with Gasteiger partial charge < -0.3 is 10.7 Å². The molecule has 4 heterocycles. The van der Waals surface area contributed by atoms with Crippen LogP contribution in [-0.2, 0) is 0 Å². The van der Waals surface area contributed by atoms with E-state index in [9.17, 15) is 9.18 Å². The smallest absolute Gasteiger partial charge is 0.259 e. The molecule has 3 N–H and O–H groups in total. The molecule has 0 fully saturated rings. The highest BCUT2D eigenvalue weighted by molar-refractivity contribution is 6.00. The molecular weight excluding hydrogens is 381 g/mol. The summed E-state index contributed by atoms with van der Waals surface area (Å²) in [5.74, 6) is 0.0387. The molecule has 0 aliphatic carbocycles. The normalized spacial score (nSPS) is 15.3. The quantitative estimate of drug-likeness (QED) is 0.541. The summed E-state index contributed by atoms with van der Waals surface area (Å²) in [6.07, 6.45) is 5.33. The second-order valence-corrected chi connectivity index (χ2v) is 7.41. The minimum Gasteiger partial charge on any atom is -0.383 e. The van der Waals surface area contributed by atoms with Crippen molar-refractivity contribution in [1.29, 1.82) is 0 Å². The summed E-state index contributed by atoms with van der Waals surface area (Å²) in [5.41, 5.74) is 8.68. The Balaban J connectivity index is 1.91. The number of nitrogen functional groups attached to an aromatic ring is 1. The maximum absolute atomic E-state index is 14.5. The fraction of sp³-hybridized carbons (Fsp3) is 0.130. The number of rotatable bonds is 2. The van der Waals surface area contributed by atoms with Crippen LogP contribution in [0.25, 0.3) is 39.2 Å². The molecule has 30 heavy (non-hydrogen) atoms. The molecule has 3 aromatic heterocycles. The predicted molar refractivity (Wildman–Crippen MR) is 115 cm³/mol. The lowest BCUT2D eigenvalue weighted by Crippen LogP contribution is -2.35. The Hall–Kier alpha value is -3.87. The number of nitrogens with two attached hydrogens (primary N) is 1. The van der Waals surface area contributed by atoms with Crippen LogP contribution in [0.15, 0.2) is 58.6 Å². The SMILES string of the molecule is CC1C=c2c(-c3c[nH]c(=O)c4c(N)nccc34)cc(-c3ccccc3F)nc2=NC1. The molecule has 1 aromatic carbocycles. The van der Waals surface area contributed by atoms with Gasteiger partial charge in [-0.05, 0) is 35.7 Å². The highest BCUT2D eigenvalue weighted by Crippen LogP contribution is 2.28. The summed E-state index contributed by atoms with van der Waals surface area (Å²) in [7, 11) is 0. The number of aromatic nitrogens is 3. The van der Waals surface area contributed by atoms with Crippen molar-refractivity contribution in [3.8, 4) is 22.4 Å². The standard InChI is InChI=1S/C23H18FN5O/c1-12-8-16-15(17-11-28-23(30)20-13(17)6-7-26-21(20)25)9-19(29-22(16)27-10-12)14-4-2-3-5-18(14)24/h2-9,11-12H,10H2,1H3,(H2,25,26)(H,28,30). The minimum absolute atomic E-state index is 0.162. The third-order valence-electron chi connectivity index (χ3n) is 5.30. The van der Waals surface area contributed by atoms with Crippen LogP contribution in [0.2, 0.25) is 0 Å². The number of hydrogen-bond acceptors (Lipinski definition) is 5. The van der Waals surface area contributed by atoms with Crippen LogP contribution in [0.5, 0.6) is 0 Å².